The molecule has 0 aromatic carbocycles. The molecular weight excluding hydrogens is 346 g/mol. The molecule has 3 atom stereocenters. The molecule has 27 heavy (non-hydrogen) atoms. The molecule has 2 fully saturated rings. The van der Waals surface area contributed by atoms with Gasteiger partial charge in [-0.15, -0.1) is 0 Å². The summed E-state index contributed by atoms with van der Waals surface area (Å²) in [6, 6.07) is 0. The first-order valence-corrected chi connectivity index (χ1v) is 9.87. The van der Waals surface area contributed by atoms with E-state index in [1.807, 2.05) is 0 Å². The van der Waals surface area contributed by atoms with Crippen molar-refractivity contribution in [3.63, 3.8) is 0 Å². The van der Waals surface area contributed by atoms with Gasteiger partial charge in [0, 0.05) is 26.2 Å². The van der Waals surface area contributed by atoms with Crippen molar-refractivity contribution in [3.05, 3.63) is 23.0 Å². The third kappa shape index (κ3) is 4.70. The second-order valence-electron chi connectivity index (χ2n) is 7.77. The number of hydrogen-bond donors (Lipinski definition) is 3. The maximum atomic E-state index is 12.5. The van der Waals surface area contributed by atoms with Crippen molar-refractivity contribution in [2.24, 2.45) is 11.8 Å². The summed E-state index contributed by atoms with van der Waals surface area (Å²) in [6.07, 6.45) is 7.74. The molecule has 3 unspecified atom stereocenters. The van der Waals surface area contributed by atoms with Gasteiger partial charge in [0.1, 0.15) is 11.8 Å². The van der Waals surface area contributed by atoms with Crippen LogP contribution in [0.2, 0.25) is 0 Å². The largest absolute Gasteiger partial charge is 0.458 e. The number of fused-ring (bicyclic) bond motifs is 2. The van der Waals surface area contributed by atoms with E-state index < -0.39 is 0 Å². The third-order valence-electron chi connectivity index (χ3n) is 5.78. The number of hydrogen-bond acceptors (Lipinski definition) is 4. The topological polar surface area (TPSA) is 100 Å². The molecule has 7 heteroatoms. The van der Waals surface area contributed by atoms with Crippen LogP contribution in [0, 0.1) is 18.8 Å². The van der Waals surface area contributed by atoms with Crippen molar-refractivity contribution in [3.8, 4) is 0 Å². The number of H-pyrrole nitrogens is 1. The maximum absolute atomic E-state index is 12.5. The molecule has 0 saturated heterocycles. The molecule has 2 amide bonds. The SMILES string of the molecule is CC(=O)NCCCCNC(=O)c1[nH]cc(C(=O)OC2CC3CCC2C3)c1C. The van der Waals surface area contributed by atoms with Gasteiger partial charge in [-0.05, 0) is 62.8 Å². The number of carbonyl (C=O) groups excluding carboxylic acids is 3. The molecule has 1 aromatic heterocycles. The fourth-order valence-corrected chi connectivity index (χ4v) is 4.28. The standard InChI is InChI=1S/C20H29N3O4/c1-12-16(20(26)27-17-10-14-5-6-15(17)9-14)11-23-18(12)19(25)22-8-4-3-7-21-13(2)24/h11,14-15,17,23H,3-10H2,1-2H3,(H,21,24)(H,22,25). The number of rotatable bonds is 8. The number of aromatic nitrogens is 1. The minimum absolute atomic E-state index is 0.0337. The average molecular weight is 375 g/mol. The zero-order valence-electron chi connectivity index (χ0n) is 16.1. The molecule has 2 aliphatic carbocycles. The molecule has 0 spiro atoms. The summed E-state index contributed by atoms with van der Waals surface area (Å²) in [5.74, 6) is 0.609. The van der Waals surface area contributed by atoms with Crippen LogP contribution >= 0.6 is 0 Å². The highest BCUT2D eigenvalue weighted by molar-refractivity contribution is 5.99. The number of nitrogens with one attached hydrogen (secondary N) is 3. The smallest absolute Gasteiger partial charge is 0.340 e. The highest BCUT2D eigenvalue weighted by atomic mass is 16.5. The molecule has 0 aliphatic heterocycles. The number of unbranched alkanes of at least 4 members (excludes halogenated alkanes) is 1. The van der Waals surface area contributed by atoms with Crippen LogP contribution in [0.5, 0.6) is 0 Å². The first kappa shape index (κ1) is 19.5. The molecule has 2 bridgehead atoms. The Morgan fingerprint density at radius 3 is 2.52 bits per heavy atom. The van der Waals surface area contributed by atoms with E-state index in [9.17, 15) is 14.4 Å². The molecule has 148 valence electrons. The monoisotopic (exact) mass is 375 g/mol. The molecule has 0 radical (unpaired) electrons. The van der Waals surface area contributed by atoms with Gasteiger partial charge in [0.25, 0.3) is 5.91 Å². The zero-order chi connectivity index (χ0) is 19.4. The van der Waals surface area contributed by atoms with Crippen LogP contribution in [0.25, 0.3) is 0 Å². The molecule has 1 heterocycles. The molecular formula is C20H29N3O4. The lowest BCUT2D eigenvalue weighted by atomic mass is 9.97. The summed E-state index contributed by atoms with van der Waals surface area (Å²) < 4.78 is 5.72. The van der Waals surface area contributed by atoms with Crippen LogP contribution in [-0.2, 0) is 9.53 Å². The van der Waals surface area contributed by atoms with Crippen molar-refractivity contribution in [1.29, 1.82) is 0 Å². The quantitative estimate of drug-likeness (QED) is 0.479. The molecule has 1 aromatic rings. The Morgan fingerprint density at radius 2 is 1.89 bits per heavy atom. The van der Waals surface area contributed by atoms with Gasteiger partial charge >= 0.3 is 5.97 Å². The Bertz CT molecular complexity index is 712. The van der Waals surface area contributed by atoms with Crippen molar-refractivity contribution in [2.75, 3.05) is 13.1 Å². The van der Waals surface area contributed by atoms with Gasteiger partial charge in [0.15, 0.2) is 0 Å². The average Bonchev–Trinajstić information content (AvgIpc) is 3.32. The van der Waals surface area contributed by atoms with Gasteiger partial charge in [-0.25, -0.2) is 4.79 Å². The van der Waals surface area contributed by atoms with Gasteiger partial charge in [-0.1, -0.05) is 0 Å². The first-order valence-electron chi connectivity index (χ1n) is 9.87. The number of aromatic amines is 1. The number of ether oxygens (including phenoxy) is 1. The van der Waals surface area contributed by atoms with Crippen molar-refractivity contribution >= 4 is 17.8 Å². The first-order chi connectivity index (χ1) is 13.0. The van der Waals surface area contributed by atoms with Crippen LogP contribution in [-0.4, -0.2) is 42.0 Å². The summed E-state index contributed by atoms with van der Waals surface area (Å²) in [5.41, 5.74) is 1.46. The number of carbonyl (C=O) groups is 3. The predicted octanol–water partition coefficient (Wildman–Crippen LogP) is 2.31. The Hall–Kier alpha value is -2.31. The minimum atomic E-state index is -0.337. The van der Waals surface area contributed by atoms with E-state index in [2.05, 4.69) is 15.6 Å². The fraction of sp³-hybridized carbons (Fsp3) is 0.650. The molecule has 7 nitrogen and oxygen atoms in total. The van der Waals surface area contributed by atoms with Gasteiger partial charge in [-0.2, -0.15) is 0 Å². The van der Waals surface area contributed by atoms with E-state index in [1.165, 1.54) is 19.8 Å². The van der Waals surface area contributed by atoms with E-state index in [1.54, 1.807) is 13.1 Å². The molecule has 2 aliphatic rings. The second kappa shape index (κ2) is 8.59. The van der Waals surface area contributed by atoms with Crippen LogP contribution < -0.4 is 10.6 Å². The normalized spacial score (nSPS) is 23.3. The molecule has 2 saturated carbocycles. The van der Waals surface area contributed by atoms with Gasteiger partial charge in [0.2, 0.25) is 5.91 Å². The third-order valence-corrected chi connectivity index (χ3v) is 5.78. The van der Waals surface area contributed by atoms with Crippen molar-refractivity contribution in [1.82, 2.24) is 15.6 Å². The highest BCUT2D eigenvalue weighted by Gasteiger charge is 2.42. The van der Waals surface area contributed by atoms with Crippen molar-refractivity contribution in [2.45, 2.75) is 58.5 Å². The lowest BCUT2D eigenvalue weighted by molar-refractivity contribution is -0.118. The van der Waals surface area contributed by atoms with Gasteiger partial charge in [0.05, 0.1) is 5.56 Å². The summed E-state index contributed by atoms with van der Waals surface area (Å²) >= 11 is 0. The summed E-state index contributed by atoms with van der Waals surface area (Å²) in [4.78, 5) is 38.5. The van der Waals surface area contributed by atoms with E-state index in [0.717, 1.165) is 25.7 Å². The van der Waals surface area contributed by atoms with E-state index in [4.69, 9.17) is 4.74 Å². The molecule has 3 rings (SSSR count). The Balaban J connectivity index is 1.46. The number of amides is 2. The van der Waals surface area contributed by atoms with E-state index in [-0.39, 0.29) is 23.9 Å². The van der Waals surface area contributed by atoms with Crippen LogP contribution in [0.15, 0.2) is 6.20 Å². The fourth-order valence-electron chi connectivity index (χ4n) is 4.28. The summed E-state index contributed by atoms with van der Waals surface area (Å²) in [6.45, 7) is 4.36. The summed E-state index contributed by atoms with van der Waals surface area (Å²) in [7, 11) is 0. The Morgan fingerprint density at radius 1 is 1.15 bits per heavy atom. The molecule has 3 N–H and O–H groups in total. The summed E-state index contributed by atoms with van der Waals surface area (Å²) in [5, 5.41) is 5.56. The van der Waals surface area contributed by atoms with Gasteiger partial charge in [-0.3, -0.25) is 9.59 Å². The zero-order valence-corrected chi connectivity index (χ0v) is 16.1. The Kier molecular flexibility index (Phi) is 6.19. The van der Waals surface area contributed by atoms with E-state index in [0.29, 0.717) is 41.7 Å². The number of esters is 1. The Labute approximate surface area is 159 Å². The van der Waals surface area contributed by atoms with Crippen LogP contribution in [0.1, 0.15) is 71.9 Å². The van der Waals surface area contributed by atoms with Crippen LogP contribution in [0.3, 0.4) is 0 Å². The van der Waals surface area contributed by atoms with Crippen LogP contribution in [0.4, 0.5) is 0 Å². The van der Waals surface area contributed by atoms with E-state index >= 15 is 0 Å². The highest BCUT2D eigenvalue weighted by Crippen LogP contribution is 2.46. The predicted molar refractivity (Wildman–Crippen MR) is 100 cm³/mol. The minimum Gasteiger partial charge on any atom is -0.458 e. The van der Waals surface area contributed by atoms with Gasteiger partial charge < -0.3 is 20.4 Å². The maximum Gasteiger partial charge on any atom is 0.340 e. The second-order valence-corrected chi connectivity index (χ2v) is 7.77. The van der Waals surface area contributed by atoms with Crippen molar-refractivity contribution < 1.29 is 19.1 Å². The lowest BCUT2D eigenvalue weighted by Crippen LogP contribution is -2.27. The lowest BCUT2D eigenvalue weighted by Gasteiger charge is -2.21.